The van der Waals surface area contributed by atoms with Gasteiger partial charge in [-0.15, -0.1) is 0 Å². The van der Waals surface area contributed by atoms with Crippen molar-refractivity contribution >= 4 is 5.97 Å². The Bertz CT molecular complexity index is 1170. The van der Waals surface area contributed by atoms with Gasteiger partial charge in [0.25, 0.3) is 0 Å². The van der Waals surface area contributed by atoms with Crippen LogP contribution in [0.2, 0.25) is 0 Å². The van der Waals surface area contributed by atoms with E-state index in [1.54, 1.807) is 6.07 Å². The summed E-state index contributed by atoms with van der Waals surface area (Å²) in [5.74, 6) is 6.39. The summed E-state index contributed by atoms with van der Waals surface area (Å²) in [7, 11) is 2.89. The largest absolute Gasteiger partial charge is 0.495 e. The summed E-state index contributed by atoms with van der Waals surface area (Å²) in [5.41, 5.74) is 2.51. The molecule has 0 aliphatic rings. The summed E-state index contributed by atoms with van der Waals surface area (Å²) in [6.45, 7) is -0.00659. The maximum absolute atomic E-state index is 12.6. The van der Waals surface area contributed by atoms with Crippen molar-refractivity contribution in [3.63, 3.8) is 0 Å². The number of carbonyl (C=O) groups excluding carboxylic acids is 1. The Kier molecular flexibility index (Phi) is 7.62. The zero-order valence-corrected chi connectivity index (χ0v) is 18.0. The summed E-state index contributed by atoms with van der Waals surface area (Å²) in [6, 6.07) is 17.5. The lowest BCUT2D eigenvalue weighted by Crippen LogP contribution is -2.04. The van der Waals surface area contributed by atoms with Crippen LogP contribution in [0.15, 0.2) is 66.7 Å². The molecule has 0 atom stereocenters. The molecule has 0 amide bonds. The van der Waals surface area contributed by atoms with Gasteiger partial charge in [-0.05, 0) is 53.1 Å². The smallest absolute Gasteiger partial charge is 0.416 e. The number of hydrogen-bond acceptors (Lipinski definition) is 4. The highest BCUT2D eigenvalue weighted by Gasteiger charge is 2.29. The first-order valence-corrected chi connectivity index (χ1v) is 9.93. The Labute approximate surface area is 189 Å². The predicted octanol–water partition coefficient (Wildman–Crippen LogP) is 5.53. The van der Waals surface area contributed by atoms with Crippen molar-refractivity contribution in [2.24, 2.45) is 0 Å². The fourth-order valence-corrected chi connectivity index (χ4v) is 3.08. The summed E-state index contributed by atoms with van der Waals surface area (Å²) < 4.78 is 53.4. The molecule has 3 aromatic carbocycles. The number of esters is 1. The van der Waals surface area contributed by atoms with Crippen LogP contribution in [-0.4, -0.2) is 26.8 Å². The van der Waals surface area contributed by atoms with Crippen LogP contribution < -0.4 is 9.47 Å². The van der Waals surface area contributed by atoms with E-state index >= 15 is 0 Å². The number of rotatable bonds is 6. The molecular formula is C26H21F3O4. The van der Waals surface area contributed by atoms with Gasteiger partial charge in [-0.25, -0.2) is 0 Å². The van der Waals surface area contributed by atoms with Crippen LogP contribution in [0.1, 0.15) is 16.7 Å². The second kappa shape index (κ2) is 10.6. The molecule has 170 valence electrons. The number of benzene rings is 3. The van der Waals surface area contributed by atoms with Crippen molar-refractivity contribution in [1.29, 1.82) is 0 Å². The van der Waals surface area contributed by atoms with E-state index in [9.17, 15) is 18.0 Å². The first-order chi connectivity index (χ1) is 15.8. The molecule has 33 heavy (non-hydrogen) atoms. The highest BCUT2D eigenvalue weighted by molar-refractivity contribution is 5.74. The molecule has 0 aliphatic heterocycles. The van der Waals surface area contributed by atoms with Crippen molar-refractivity contribution in [3.05, 3.63) is 83.4 Å². The van der Waals surface area contributed by atoms with Crippen molar-refractivity contribution in [1.82, 2.24) is 0 Å². The maximum Gasteiger partial charge on any atom is 0.416 e. The van der Waals surface area contributed by atoms with Crippen molar-refractivity contribution in [3.8, 4) is 34.5 Å². The molecule has 0 bridgehead atoms. The summed E-state index contributed by atoms with van der Waals surface area (Å²) in [6.07, 6.45) is -4.22. The van der Waals surface area contributed by atoms with Crippen LogP contribution >= 0.6 is 0 Å². The van der Waals surface area contributed by atoms with Crippen LogP contribution in [0.25, 0.3) is 11.1 Å². The van der Waals surface area contributed by atoms with E-state index in [0.717, 1.165) is 28.8 Å². The fourth-order valence-electron chi connectivity index (χ4n) is 3.08. The summed E-state index contributed by atoms with van der Waals surface area (Å²) >= 11 is 0. The Hall–Kier alpha value is -3.92. The topological polar surface area (TPSA) is 44.8 Å². The first kappa shape index (κ1) is 23.7. The molecule has 0 fully saturated rings. The molecule has 0 saturated carbocycles. The number of hydrogen-bond donors (Lipinski definition) is 0. The number of carbonyl (C=O) groups is 1. The van der Waals surface area contributed by atoms with E-state index in [1.165, 1.54) is 26.4 Å². The van der Waals surface area contributed by atoms with E-state index in [1.807, 2.05) is 36.4 Å². The molecule has 0 heterocycles. The zero-order valence-electron chi connectivity index (χ0n) is 18.0. The Morgan fingerprint density at radius 3 is 2.33 bits per heavy atom. The normalized spacial score (nSPS) is 10.7. The second-order valence-electron chi connectivity index (χ2n) is 6.98. The fraction of sp³-hybridized carbons (Fsp3) is 0.192. The lowest BCUT2D eigenvalue weighted by atomic mass is 9.99. The van der Waals surface area contributed by atoms with Crippen LogP contribution in [-0.2, 0) is 22.1 Å². The van der Waals surface area contributed by atoms with Crippen LogP contribution in [0, 0.1) is 11.8 Å². The second-order valence-corrected chi connectivity index (χ2v) is 6.98. The van der Waals surface area contributed by atoms with E-state index < -0.39 is 11.7 Å². The molecule has 0 saturated heterocycles. The van der Waals surface area contributed by atoms with Gasteiger partial charge in [0.1, 0.15) is 18.1 Å². The van der Waals surface area contributed by atoms with Gasteiger partial charge in [-0.1, -0.05) is 42.2 Å². The lowest BCUT2D eigenvalue weighted by molar-refractivity contribution is -0.140. The van der Waals surface area contributed by atoms with Crippen molar-refractivity contribution < 1.29 is 32.2 Å². The summed E-state index contributed by atoms with van der Waals surface area (Å²) in [5, 5.41) is 0. The van der Waals surface area contributed by atoms with Gasteiger partial charge in [-0.3, -0.25) is 4.79 Å². The quantitative estimate of drug-likeness (QED) is 0.363. The average Bonchev–Trinajstić information content (AvgIpc) is 2.81. The zero-order chi connectivity index (χ0) is 23.8. The van der Waals surface area contributed by atoms with Crippen LogP contribution in [0.4, 0.5) is 13.2 Å². The minimum atomic E-state index is -4.39. The van der Waals surface area contributed by atoms with Gasteiger partial charge in [0.2, 0.25) is 0 Å². The van der Waals surface area contributed by atoms with Gasteiger partial charge in [0, 0.05) is 0 Å². The molecule has 7 heteroatoms. The van der Waals surface area contributed by atoms with Gasteiger partial charge in [0.15, 0.2) is 0 Å². The minimum Gasteiger partial charge on any atom is -0.495 e. The highest BCUT2D eigenvalue weighted by atomic mass is 19.4. The van der Waals surface area contributed by atoms with Gasteiger partial charge in [0.05, 0.1) is 31.8 Å². The molecule has 0 aromatic heterocycles. The van der Waals surface area contributed by atoms with E-state index in [-0.39, 0.29) is 19.0 Å². The van der Waals surface area contributed by atoms with Gasteiger partial charge < -0.3 is 14.2 Å². The molecule has 0 aliphatic carbocycles. The molecule has 0 spiro atoms. The highest BCUT2D eigenvalue weighted by Crippen LogP contribution is 2.30. The average molecular weight is 454 g/mol. The van der Waals surface area contributed by atoms with Crippen molar-refractivity contribution in [2.45, 2.75) is 12.6 Å². The minimum absolute atomic E-state index is 0.00659. The van der Waals surface area contributed by atoms with E-state index in [2.05, 4.69) is 11.8 Å². The van der Waals surface area contributed by atoms with Crippen LogP contribution in [0.3, 0.4) is 0 Å². The number of ether oxygens (including phenoxy) is 3. The van der Waals surface area contributed by atoms with Crippen LogP contribution in [0.5, 0.6) is 11.5 Å². The lowest BCUT2D eigenvalue weighted by Gasteiger charge is -2.09. The molecule has 4 nitrogen and oxygen atoms in total. The molecule has 0 radical (unpaired) electrons. The Morgan fingerprint density at radius 2 is 1.67 bits per heavy atom. The first-order valence-electron chi connectivity index (χ1n) is 9.93. The SMILES string of the molecule is COC(=O)Cc1cccc(-c2ccc(OC)c(C#CCOc3ccc(C(F)(F)F)cc3)c2)c1. The molecule has 0 N–H and O–H groups in total. The van der Waals surface area contributed by atoms with Crippen molar-refractivity contribution in [2.75, 3.05) is 20.8 Å². The number of halogens is 3. The third-order valence-electron chi connectivity index (χ3n) is 4.75. The third kappa shape index (κ3) is 6.53. The monoisotopic (exact) mass is 454 g/mol. The van der Waals surface area contributed by atoms with E-state index in [4.69, 9.17) is 14.2 Å². The Morgan fingerprint density at radius 1 is 0.939 bits per heavy atom. The maximum atomic E-state index is 12.6. The molecule has 0 unspecified atom stereocenters. The third-order valence-corrected chi connectivity index (χ3v) is 4.75. The summed E-state index contributed by atoms with van der Waals surface area (Å²) in [4.78, 5) is 11.6. The predicted molar refractivity (Wildman–Crippen MR) is 118 cm³/mol. The molecule has 3 rings (SSSR count). The Balaban J connectivity index is 1.74. The standard InChI is InChI=1S/C26H21F3O4/c1-31-24-13-8-20(19-6-3-5-18(15-19)16-25(30)32-2)17-21(24)7-4-14-33-23-11-9-22(10-12-23)26(27,28)29/h3,5-6,8-13,15,17H,14,16H2,1-2H3. The molecule has 3 aromatic rings. The molecular weight excluding hydrogens is 433 g/mol. The number of alkyl halides is 3. The van der Waals surface area contributed by atoms with Gasteiger partial charge >= 0.3 is 12.1 Å². The number of methoxy groups -OCH3 is 2. The van der Waals surface area contributed by atoms with Gasteiger partial charge in [-0.2, -0.15) is 13.2 Å². The van der Waals surface area contributed by atoms with E-state index in [0.29, 0.717) is 17.1 Å².